The smallest absolute Gasteiger partial charge is 0.0308 e. The maximum atomic E-state index is 3.87. The molecule has 1 aliphatic heterocycles. The fraction of sp³-hybridized carbons (Fsp3) is 0.750. The fourth-order valence-corrected chi connectivity index (χ4v) is 4.43. The van der Waals surface area contributed by atoms with Crippen molar-refractivity contribution in [1.82, 2.24) is 10.2 Å². The van der Waals surface area contributed by atoms with E-state index in [2.05, 4.69) is 34.0 Å². The van der Waals surface area contributed by atoms with Crippen LogP contribution in [0, 0.1) is 0 Å². The van der Waals surface area contributed by atoms with Crippen molar-refractivity contribution in [2.45, 2.75) is 57.0 Å². The molecule has 1 aromatic rings. The molecule has 1 spiro atoms. The first-order valence-electron chi connectivity index (χ1n) is 7.78. The third kappa shape index (κ3) is 3.21. The summed E-state index contributed by atoms with van der Waals surface area (Å²) in [6.45, 7) is 6.10. The zero-order chi connectivity index (χ0) is 13.1. The summed E-state index contributed by atoms with van der Waals surface area (Å²) in [4.78, 5) is 2.74. The molecule has 2 heterocycles. The topological polar surface area (TPSA) is 15.3 Å². The molecule has 0 amide bonds. The van der Waals surface area contributed by atoms with Crippen LogP contribution in [0.25, 0.3) is 0 Å². The highest BCUT2D eigenvalue weighted by atomic mass is 32.1. The van der Waals surface area contributed by atoms with Gasteiger partial charge in [-0.2, -0.15) is 11.3 Å². The molecule has 1 saturated heterocycles. The molecule has 3 heteroatoms. The van der Waals surface area contributed by atoms with Gasteiger partial charge in [0.2, 0.25) is 0 Å². The van der Waals surface area contributed by atoms with Gasteiger partial charge < -0.3 is 5.32 Å². The molecule has 1 unspecified atom stereocenters. The normalized spacial score (nSPS) is 27.7. The Labute approximate surface area is 121 Å². The van der Waals surface area contributed by atoms with Crippen molar-refractivity contribution in [3.05, 3.63) is 22.4 Å². The molecule has 0 bridgehead atoms. The highest BCUT2D eigenvalue weighted by Crippen LogP contribution is 2.32. The van der Waals surface area contributed by atoms with Crippen molar-refractivity contribution >= 4 is 11.3 Å². The molecule has 2 nitrogen and oxygen atoms in total. The summed E-state index contributed by atoms with van der Waals surface area (Å²) in [7, 11) is 0. The van der Waals surface area contributed by atoms with Gasteiger partial charge in [-0.15, -0.1) is 0 Å². The summed E-state index contributed by atoms with van der Waals surface area (Å²) in [6, 6.07) is 3.00. The van der Waals surface area contributed by atoms with Crippen molar-refractivity contribution in [2.75, 3.05) is 19.6 Å². The first kappa shape index (κ1) is 13.6. The van der Waals surface area contributed by atoms with Gasteiger partial charge in [-0.05, 0) is 61.5 Å². The molecule has 1 aliphatic carbocycles. The van der Waals surface area contributed by atoms with Crippen LogP contribution >= 0.6 is 11.3 Å². The lowest BCUT2D eigenvalue weighted by molar-refractivity contribution is 0.170. The van der Waals surface area contributed by atoms with Gasteiger partial charge in [0, 0.05) is 24.7 Å². The van der Waals surface area contributed by atoms with E-state index < -0.39 is 0 Å². The molecule has 1 atom stereocenters. The Morgan fingerprint density at radius 1 is 1.42 bits per heavy atom. The average Bonchev–Trinajstić information content (AvgIpc) is 3.03. The van der Waals surface area contributed by atoms with Crippen molar-refractivity contribution in [2.24, 2.45) is 0 Å². The van der Waals surface area contributed by atoms with Gasteiger partial charge in [-0.1, -0.05) is 12.8 Å². The van der Waals surface area contributed by atoms with E-state index in [-0.39, 0.29) is 0 Å². The van der Waals surface area contributed by atoms with E-state index in [0.29, 0.717) is 5.54 Å². The lowest BCUT2D eigenvalue weighted by atomic mass is 9.97. The third-order valence-corrected chi connectivity index (χ3v) is 5.75. The van der Waals surface area contributed by atoms with Crippen LogP contribution in [0.15, 0.2) is 16.8 Å². The maximum Gasteiger partial charge on any atom is 0.0308 e. The SMILES string of the molecule is CC1CCNC2(CCCC2)CN1CCc1ccsc1. The van der Waals surface area contributed by atoms with Crippen molar-refractivity contribution in [3.63, 3.8) is 0 Å². The van der Waals surface area contributed by atoms with E-state index in [1.807, 2.05) is 11.3 Å². The van der Waals surface area contributed by atoms with Gasteiger partial charge in [0.25, 0.3) is 0 Å². The molecule has 2 aliphatic rings. The molecule has 1 N–H and O–H groups in total. The monoisotopic (exact) mass is 278 g/mol. The van der Waals surface area contributed by atoms with Crippen LogP contribution in [0.4, 0.5) is 0 Å². The van der Waals surface area contributed by atoms with Crippen molar-refractivity contribution in [1.29, 1.82) is 0 Å². The Balaban J connectivity index is 1.63. The Kier molecular flexibility index (Phi) is 4.25. The minimum absolute atomic E-state index is 0.444. The van der Waals surface area contributed by atoms with Crippen molar-refractivity contribution in [3.8, 4) is 0 Å². The highest BCUT2D eigenvalue weighted by molar-refractivity contribution is 7.07. The molecule has 1 aromatic heterocycles. The minimum Gasteiger partial charge on any atom is -0.310 e. The lowest BCUT2D eigenvalue weighted by Crippen LogP contribution is -2.50. The van der Waals surface area contributed by atoms with E-state index >= 15 is 0 Å². The molecule has 106 valence electrons. The first-order chi connectivity index (χ1) is 9.27. The number of nitrogens with zero attached hydrogens (tertiary/aromatic N) is 1. The average molecular weight is 278 g/mol. The predicted molar refractivity (Wildman–Crippen MR) is 82.9 cm³/mol. The second kappa shape index (κ2) is 5.94. The highest BCUT2D eigenvalue weighted by Gasteiger charge is 2.37. The molecule has 2 fully saturated rings. The van der Waals surface area contributed by atoms with Crippen molar-refractivity contribution < 1.29 is 0 Å². The Bertz CT molecular complexity index is 381. The zero-order valence-electron chi connectivity index (χ0n) is 12.0. The number of nitrogens with one attached hydrogen (secondary N) is 1. The van der Waals surface area contributed by atoms with E-state index in [1.165, 1.54) is 63.7 Å². The quantitative estimate of drug-likeness (QED) is 0.913. The van der Waals surface area contributed by atoms with Crippen LogP contribution in [-0.4, -0.2) is 36.1 Å². The van der Waals surface area contributed by atoms with Crippen LogP contribution in [0.2, 0.25) is 0 Å². The zero-order valence-corrected chi connectivity index (χ0v) is 12.8. The minimum atomic E-state index is 0.444. The molecule has 3 rings (SSSR count). The first-order valence-corrected chi connectivity index (χ1v) is 8.72. The fourth-order valence-electron chi connectivity index (χ4n) is 3.72. The van der Waals surface area contributed by atoms with Gasteiger partial charge in [0.05, 0.1) is 0 Å². The summed E-state index contributed by atoms with van der Waals surface area (Å²) in [6.07, 6.45) is 8.11. The molecular weight excluding hydrogens is 252 g/mol. The molecule has 0 radical (unpaired) electrons. The van der Waals surface area contributed by atoms with Crippen LogP contribution in [0.3, 0.4) is 0 Å². The second-order valence-electron chi connectivity index (χ2n) is 6.40. The summed E-state index contributed by atoms with van der Waals surface area (Å²) < 4.78 is 0. The summed E-state index contributed by atoms with van der Waals surface area (Å²) >= 11 is 1.82. The number of rotatable bonds is 3. The van der Waals surface area contributed by atoms with E-state index in [9.17, 15) is 0 Å². The third-order valence-electron chi connectivity index (χ3n) is 5.02. The van der Waals surface area contributed by atoms with E-state index in [4.69, 9.17) is 0 Å². The second-order valence-corrected chi connectivity index (χ2v) is 7.18. The van der Waals surface area contributed by atoms with Crippen LogP contribution in [0.1, 0.15) is 44.6 Å². The number of hydrogen-bond acceptors (Lipinski definition) is 3. The van der Waals surface area contributed by atoms with Gasteiger partial charge >= 0.3 is 0 Å². The summed E-state index contributed by atoms with van der Waals surface area (Å²) in [5, 5.41) is 8.36. The molecule has 19 heavy (non-hydrogen) atoms. The molecule has 1 saturated carbocycles. The Morgan fingerprint density at radius 2 is 2.26 bits per heavy atom. The van der Waals surface area contributed by atoms with Gasteiger partial charge in [0.1, 0.15) is 0 Å². The standard InChI is InChI=1S/C16H26N2S/c1-14-4-9-17-16(7-2-3-8-16)13-18(14)10-5-15-6-11-19-12-15/h6,11-12,14,17H,2-5,7-10,13H2,1H3. The van der Waals surface area contributed by atoms with E-state index in [1.54, 1.807) is 0 Å². The largest absolute Gasteiger partial charge is 0.310 e. The predicted octanol–water partition coefficient (Wildman–Crippen LogP) is 3.29. The van der Waals surface area contributed by atoms with E-state index in [0.717, 1.165) is 6.04 Å². The lowest BCUT2D eigenvalue weighted by Gasteiger charge is -2.35. The molecular formula is C16H26N2S. The Hall–Kier alpha value is -0.380. The Morgan fingerprint density at radius 3 is 3.00 bits per heavy atom. The van der Waals surface area contributed by atoms with Crippen LogP contribution in [0.5, 0.6) is 0 Å². The summed E-state index contributed by atoms with van der Waals surface area (Å²) in [5.41, 5.74) is 1.95. The van der Waals surface area contributed by atoms with Gasteiger partial charge in [-0.25, -0.2) is 0 Å². The van der Waals surface area contributed by atoms with Crippen LogP contribution in [-0.2, 0) is 6.42 Å². The van der Waals surface area contributed by atoms with Gasteiger partial charge in [-0.3, -0.25) is 4.90 Å². The molecule has 0 aromatic carbocycles. The number of thiophene rings is 1. The van der Waals surface area contributed by atoms with Gasteiger partial charge in [0.15, 0.2) is 0 Å². The maximum absolute atomic E-state index is 3.87. The summed E-state index contributed by atoms with van der Waals surface area (Å²) in [5.74, 6) is 0. The number of hydrogen-bond donors (Lipinski definition) is 1. The van der Waals surface area contributed by atoms with Crippen LogP contribution < -0.4 is 5.32 Å².